The fourth-order valence-corrected chi connectivity index (χ4v) is 3.97. The third kappa shape index (κ3) is 5.15. The van der Waals surface area contributed by atoms with Gasteiger partial charge in [-0.15, -0.1) is 0 Å². The average molecular weight is 426 g/mol. The van der Waals surface area contributed by atoms with Crippen LogP contribution in [0.3, 0.4) is 0 Å². The maximum atomic E-state index is 12.2. The number of anilines is 1. The SMILES string of the molecule is CS(=O)(=O)Nc1cccc(CN2N=C(c3cc(Cl)ccc3O)CSC2=O)c1. The first-order valence-corrected chi connectivity index (χ1v) is 11.0. The summed E-state index contributed by atoms with van der Waals surface area (Å²) < 4.78 is 25.2. The molecule has 7 nitrogen and oxygen atoms in total. The molecule has 0 bridgehead atoms. The van der Waals surface area contributed by atoms with Gasteiger partial charge in [0.1, 0.15) is 5.75 Å². The smallest absolute Gasteiger partial charge is 0.302 e. The molecule has 2 N–H and O–H groups in total. The number of aromatic hydroxyl groups is 1. The van der Waals surface area contributed by atoms with Gasteiger partial charge in [0.15, 0.2) is 0 Å². The number of hydrazone groups is 1. The Labute approximate surface area is 166 Å². The predicted molar refractivity (Wildman–Crippen MR) is 108 cm³/mol. The van der Waals surface area contributed by atoms with E-state index in [-0.39, 0.29) is 17.5 Å². The minimum absolute atomic E-state index is 0.0346. The number of hydrogen-bond acceptors (Lipinski definition) is 6. The van der Waals surface area contributed by atoms with Crippen LogP contribution in [0.4, 0.5) is 10.5 Å². The highest BCUT2D eigenvalue weighted by molar-refractivity contribution is 8.14. The van der Waals surface area contributed by atoms with Crippen LogP contribution in [0.2, 0.25) is 5.02 Å². The Kier molecular flexibility index (Phi) is 5.64. The summed E-state index contributed by atoms with van der Waals surface area (Å²) >= 11 is 7.06. The van der Waals surface area contributed by atoms with Gasteiger partial charge in [0, 0.05) is 22.0 Å². The number of nitrogens with one attached hydrogen (secondary N) is 1. The Morgan fingerprint density at radius 1 is 1.30 bits per heavy atom. The number of phenols is 1. The minimum atomic E-state index is -3.39. The van der Waals surface area contributed by atoms with Crippen molar-refractivity contribution in [1.29, 1.82) is 0 Å². The van der Waals surface area contributed by atoms with E-state index in [4.69, 9.17) is 11.6 Å². The van der Waals surface area contributed by atoms with Gasteiger partial charge in [0.2, 0.25) is 10.0 Å². The summed E-state index contributed by atoms with van der Waals surface area (Å²) in [5.41, 5.74) is 2.12. The monoisotopic (exact) mass is 425 g/mol. The zero-order valence-electron chi connectivity index (χ0n) is 14.2. The molecule has 3 rings (SSSR count). The molecule has 0 atom stereocenters. The summed E-state index contributed by atoms with van der Waals surface area (Å²) in [6, 6.07) is 11.4. The van der Waals surface area contributed by atoms with E-state index in [9.17, 15) is 18.3 Å². The second-order valence-corrected chi connectivity index (χ2v) is 9.01. The number of amides is 1. The normalized spacial score (nSPS) is 14.8. The molecule has 1 heterocycles. The maximum Gasteiger partial charge on any atom is 0.302 e. The molecule has 0 fully saturated rings. The number of carbonyl (C=O) groups is 1. The number of hydrogen-bond donors (Lipinski definition) is 2. The molecule has 0 saturated heterocycles. The minimum Gasteiger partial charge on any atom is -0.507 e. The van der Waals surface area contributed by atoms with Crippen molar-refractivity contribution < 1.29 is 18.3 Å². The average Bonchev–Trinajstić information content (AvgIpc) is 2.58. The van der Waals surface area contributed by atoms with Crippen molar-refractivity contribution >= 4 is 50.0 Å². The van der Waals surface area contributed by atoms with E-state index in [0.717, 1.165) is 18.0 Å². The van der Waals surface area contributed by atoms with E-state index in [1.165, 1.54) is 11.1 Å². The van der Waals surface area contributed by atoms with E-state index >= 15 is 0 Å². The van der Waals surface area contributed by atoms with Gasteiger partial charge in [-0.25, -0.2) is 13.4 Å². The molecule has 1 aliphatic rings. The number of halogens is 1. The van der Waals surface area contributed by atoms with Gasteiger partial charge in [-0.2, -0.15) is 5.10 Å². The lowest BCUT2D eigenvalue weighted by molar-refractivity contribution is 0.222. The summed E-state index contributed by atoms with van der Waals surface area (Å²) in [4.78, 5) is 12.2. The third-order valence-corrected chi connectivity index (χ3v) is 5.33. The molecule has 2 aromatic carbocycles. The second kappa shape index (κ2) is 7.79. The molecule has 10 heteroatoms. The summed E-state index contributed by atoms with van der Waals surface area (Å²) in [5, 5.41) is 15.9. The van der Waals surface area contributed by atoms with Crippen molar-refractivity contribution in [3.63, 3.8) is 0 Å². The van der Waals surface area contributed by atoms with Gasteiger partial charge in [0.25, 0.3) is 0 Å². The van der Waals surface area contributed by atoms with Gasteiger partial charge in [-0.1, -0.05) is 35.5 Å². The van der Waals surface area contributed by atoms with Crippen molar-refractivity contribution in [2.45, 2.75) is 6.54 Å². The lowest BCUT2D eigenvalue weighted by Crippen LogP contribution is -2.29. The Hall–Kier alpha value is -2.23. The van der Waals surface area contributed by atoms with Crippen LogP contribution >= 0.6 is 23.4 Å². The number of thioether (sulfide) groups is 1. The number of carbonyl (C=O) groups excluding carboxylic acids is 1. The molecule has 1 aliphatic heterocycles. The quantitative estimate of drug-likeness (QED) is 0.763. The number of nitrogens with zero attached hydrogens (tertiary/aromatic N) is 2. The fraction of sp³-hybridized carbons (Fsp3) is 0.176. The van der Waals surface area contributed by atoms with Gasteiger partial charge in [0.05, 0.1) is 18.5 Å². The number of rotatable bonds is 5. The molecule has 1 amide bonds. The molecule has 0 aliphatic carbocycles. The van der Waals surface area contributed by atoms with E-state index in [0.29, 0.717) is 33.3 Å². The van der Waals surface area contributed by atoms with Crippen molar-refractivity contribution in [2.75, 3.05) is 16.7 Å². The molecule has 2 aromatic rings. The first-order chi connectivity index (χ1) is 12.7. The molecular weight excluding hydrogens is 410 g/mol. The summed E-state index contributed by atoms with van der Waals surface area (Å²) in [6.07, 6.45) is 1.07. The van der Waals surface area contributed by atoms with Crippen molar-refractivity contribution in [1.82, 2.24) is 5.01 Å². The summed E-state index contributed by atoms with van der Waals surface area (Å²) in [6.45, 7) is 0.163. The first kappa shape index (κ1) is 19.5. The lowest BCUT2D eigenvalue weighted by Gasteiger charge is -2.23. The third-order valence-electron chi connectivity index (χ3n) is 3.62. The molecule has 0 unspecified atom stereocenters. The second-order valence-electron chi connectivity index (χ2n) is 5.90. The van der Waals surface area contributed by atoms with E-state index in [1.54, 1.807) is 36.4 Å². The van der Waals surface area contributed by atoms with Crippen LogP contribution in [-0.4, -0.2) is 41.5 Å². The van der Waals surface area contributed by atoms with E-state index in [1.807, 2.05) is 0 Å². The van der Waals surface area contributed by atoms with Gasteiger partial charge in [-0.05, 0) is 35.9 Å². The van der Waals surface area contributed by atoms with Crippen molar-refractivity contribution in [3.8, 4) is 5.75 Å². The number of benzene rings is 2. The van der Waals surface area contributed by atoms with Gasteiger partial charge >= 0.3 is 5.24 Å². The lowest BCUT2D eigenvalue weighted by atomic mass is 10.1. The maximum absolute atomic E-state index is 12.2. The summed E-state index contributed by atoms with van der Waals surface area (Å²) in [7, 11) is -3.39. The van der Waals surface area contributed by atoms with Crippen LogP contribution in [0.25, 0.3) is 0 Å². The molecule has 0 aromatic heterocycles. The molecule has 27 heavy (non-hydrogen) atoms. The number of phenolic OH excluding ortho intramolecular Hbond substituents is 1. The van der Waals surface area contributed by atoms with Crippen LogP contribution in [-0.2, 0) is 16.6 Å². The zero-order valence-corrected chi connectivity index (χ0v) is 16.6. The van der Waals surface area contributed by atoms with Gasteiger partial charge < -0.3 is 5.11 Å². The van der Waals surface area contributed by atoms with E-state index in [2.05, 4.69) is 9.82 Å². The Morgan fingerprint density at radius 3 is 2.81 bits per heavy atom. The van der Waals surface area contributed by atoms with E-state index < -0.39 is 10.0 Å². The van der Waals surface area contributed by atoms with Crippen molar-refractivity contribution in [2.24, 2.45) is 5.10 Å². The van der Waals surface area contributed by atoms with Crippen LogP contribution in [0, 0.1) is 0 Å². The Morgan fingerprint density at radius 2 is 2.07 bits per heavy atom. The first-order valence-electron chi connectivity index (χ1n) is 7.79. The summed E-state index contributed by atoms with van der Waals surface area (Å²) in [5.74, 6) is 0.353. The molecule has 0 saturated carbocycles. The Balaban J connectivity index is 1.86. The van der Waals surface area contributed by atoms with Crippen LogP contribution < -0.4 is 4.72 Å². The molecular formula is C17H16ClN3O4S2. The molecule has 142 valence electrons. The van der Waals surface area contributed by atoms with Crippen LogP contribution in [0.1, 0.15) is 11.1 Å². The topological polar surface area (TPSA) is 99.1 Å². The van der Waals surface area contributed by atoms with Gasteiger partial charge in [-0.3, -0.25) is 9.52 Å². The standard InChI is InChI=1S/C17H16ClN3O4S2/c1-27(24,25)20-13-4-2-3-11(7-13)9-21-17(23)26-10-15(19-21)14-8-12(18)5-6-16(14)22/h2-8,20,22H,9-10H2,1H3. The fourth-order valence-electron chi connectivity index (χ4n) is 2.51. The van der Waals surface area contributed by atoms with Crippen LogP contribution in [0.5, 0.6) is 5.75 Å². The highest BCUT2D eigenvalue weighted by Crippen LogP contribution is 2.28. The Bertz CT molecular complexity index is 1020. The largest absolute Gasteiger partial charge is 0.507 e. The van der Waals surface area contributed by atoms with Crippen LogP contribution in [0.15, 0.2) is 47.6 Å². The predicted octanol–water partition coefficient (Wildman–Crippen LogP) is 3.49. The molecule has 0 radical (unpaired) electrons. The number of sulfonamides is 1. The highest BCUT2D eigenvalue weighted by atomic mass is 35.5. The zero-order chi connectivity index (χ0) is 19.6. The molecule has 0 spiro atoms. The van der Waals surface area contributed by atoms with Crippen molar-refractivity contribution in [3.05, 3.63) is 58.6 Å². The highest BCUT2D eigenvalue weighted by Gasteiger charge is 2.24.